The van der Waals surface area contributed by atoms with Gasteiger partial charge in [-0.15, -0.1) is 0 Å². The van der Waals surface area contributed by atoms with Crippen molar-refractivity contribution in [2.75, 3.05) is 26.8 Å². The Morgan fingerprint density at radius 1 is 1.46 bits per heavy atom. The summed E-state index contributed by atoms with van der Waals surface area (Å²) in [5.41, 5.74) is -0.426. The Bertz CT molecular complexity index is 947. The van der Waals surface area contributed by atoms with Gasteiger partial charge < -0.3 is 15.0 Å². The number of ether oxygens (including phenoxy) is 1. The number of rotatable bonds is 9. The van der Waals surface area contributed by atoms with Crippen LogP contribution in [0, 0.1) is 17.2 Å². The number of hydrogen-bond acceptors (Lipinski definition) is 6. The first-order chi connectivity index (χ1) is 13.4. The summed E-state index contributed by atoms with van der Waals surface area (Å²) in [5.74, 6) is 0.473. The highest BCUT2D eigenvalue weighted by molar-refractivity contribution is 5.79. The minimum absolute atomic E-state index is 0.0872. The summed E-state index contributed by atoms with van der Waals surface area (Å²) in [5, 5.41) is 12.8. The van der Waals surface area contributed by atoms with Gasteiger partial charge in [-0.25, -0.2) is 4.98 Å². The molecule has 1 aliphatic carbocycles. The zero-order valence-electron chi connectivity index (χ0n) is 16.2. The maximum absolute atomic E-state index is 12.6. The third-order valence-electron chi connectivity index (χ3n) is 5.04. The Kier molecular flexibility index (Phi) is 6.07. The van der Waals surface area contributed by atoms with Gasteiger partial charge in [0.2, 0.25) is 5.91 Å². The van der Waals surface area contributed by atoms with Gasteiger partial charge in [0.05, 0.1) is 36.7 Å². The topological polar surface area (TPSA) is 111 Å². The van der Waals surface area contributed by atoms with E-state index in [4.69, 9.17) is 4.74 Å². The molecule has 28 heavy (non-hydrogen) atoms. The molecule has 2 aromatic rings. The van der Waals surface area contributed by atoms with Crippen LogP contribution in [-0.4, -0.2) is 53.1 Å². The van der Waals surface area contributed by atoms with Crippen molar-refractivity contribution >= 4 is 16.8 Å². The van der Waals surface area contributed by atoms with E-state index < -0.39 is 5.54 Å². The van der Waals surface area contributed by atoms with Crippen LogP contribution in [-0.2, 0) is 16.1 Å². The highest BCUT2D eigenvalue weighted by atomic mass is 16.5. The average Bonchev–Trinajstić information content (AvgIpc) is 3.52. The number of hydrogen-bond donors (Lipinski definition) is 2. The molecule has 0 saturated heterocycles. The average molecular weight is 383 g/mol. The van der Waals surface area contributed by atoms with Gasteiger partial charge in [-0.1, -0.05) is 12.1 Å². The number of para-hydroxylation sites is 1. The summed E-state index contributed by atoms with van der Waals surface area (Å²) in [6.07, 6.45) is 1.92. The molecule has 2 N–H and O–H groups in total. The summed E-state index contributed by atoms with van der Waals surface area (Å²) < 4.78 is 5.14. The summed E-state index contributed by atoms with van der Waals surface area (Å²) in [6, 6.07) is 9.36. The van der Waals surface area contributed by atoms with E-state index in [2.05, 4.69) is 21.4 Å². The molecule has 1 fully saturated rings. The number of amides is 1. The molecule has 1 aliphatic rings. The molecule has 0 aliphatic heterocycles. The van der Waals surface area contributed by atoms with E-state index in [-0.39, 0.29) is 23.9 Å². The molecule has 1 aromatic heterocycles. The van der Waals surface area contributed by atoms with Gasteiger partial charge in [0, 0.05) is 13.7 Å². The largest absolute Gasteiger partial charge is 0.383 e. The van der Waals surface area contributed by atoms with Crippen LogP contribution in [0.4, 0.5) is 0 Å². The Balaban J connectivity index is 1.72. The third-order valence-corrected chi connectivity index (χ3v) is 5.04. The fraction of sp³-hybridized carbons (Fsp3) is 0.500. The number of methoxy groups -OCH3 is 1. The molecular weight excluding hydrogens is 358 g/mol. The normalized spacial score (nSPS) is 15.9. The molecule has 8 heteroatoms. The van der Waals surface area contributed by atoms with Crippen molar-refractivity contribution in [1.29, 1.82) is 5.26 Å². The first-order valence-electron chi connectivity index (χ1n) is 9.36. The van der Waals surface area contributed by atoms with Crippen LogP contribution < -0.4 is 10.9 Å². The lowest BCUT2D eigenvalue weighted by Gasteiger charge is -2.26. The molecule has 0 spiro atoms. The fourth-order valence-corrected chi connectivity index (χ4v) is 3.27. The van der Waals surface area contributed by atoms with Crippen LogP contribution in [0.5, 0.6) is 0 Å². The number of aromatic amines is 1. The molecule has 1 heterocycles. The predicted molar refractivity (Wildman–Crippen MR) is 104 cm³/mol. The third kappa shape index (κ3) is 4.74. The zero-order valence-corrected chi connectivity index (χ0v) is 16.2. The van der Waals surface area contributed by atoms with E-state index in [1.165, 1.54) is 0 Å². The molecular formula is C20H25N5O3. The van der Waals surface area contributed by atoms with Crippen molar-refractivity contribution in [3.05, 3.63) is 40.4 Å². The van der Waals surface area contributed by atoms with E-state index >= 15 is 0 Å². The number of nitrogens with zero attached hydrogens (tertiary/aromatic N) is 3. The van der Waals surface area contributed by atoms with Crippen LogP contribution in [0.25, 0.3) is 10.9 Å². The maximum atomic E-state index is 12.6. The Morgan fingerprint density at radius 3 is 2.89 bits per heavy atom. The standard InChI is InChI=1S/C20H25N5O3/c1-20(13-21,14-7-8-14)24-18(26)12-25(9-10-28-2)11-17-22-16-6-4-3-5-15(16)19(27)23-17/h3-6,14H,7-12H2,1-2H3,(H,24,26)(H,22,23,27)/t20-/m1/s1. The van der Waals surface area contributed by atoms with Crippen LogP contribution in [0.3, 0.4) is 0 Å². The summed E-state index contributed by atoms with van der Waals surface area (Å²) in [4.78, 5) is 34.0. The Morgan fingerprint density at radius 2 is 2.21 bits per heavy atom. The molecule has 0 bridgehead atoms. The number of carbonyl (C=O) groups excluding carboxylic acids is 1. The monoisotopic (exact) mass is 383 g/mol. The predicted octanol–water partition coefficient (Wildman–Crippen LogP) is 1.18. The number of carbonyl (C=O) groups is 1. The molecule has 3 rings (SSSR count). The fourth-order valence-electron chi connectivity index (χ4n) is 3.27. The molecule has 0 radical (unpaired) electrons. The molecule has 1 atom stereocenters. The second-order valence-corrected chi connectivity index (χ2v) is 7.37. The Hall–Kier alpha value is -2.76. The van der Waals surface area contributed by atoms with Gasteiger partial charge in [0.1, 0.15) is 11.4 Å². The van der Waals surface area contributed by atoms with Crippen molar-refractivity contribution in [3.8, 4) is 6.07 Å². The van der Waals surface area contributed by atoms with E-state index in [0.29, 0.717) is 36.4 Å². The number of nitrogens with one attached hydrogen (secondary N) is 2. The SMILES string of the molecule is COCCN(CC(=O)N[C@](C)(C#N)C1CC1)Cc1nc2ccccc2c(=O)[nH]1. The lowest BCUT2D eigenvalue weighted by atomic mass is 9.98. The van der Waals surface area contributed by atoms with Crippen LogP contribution >= 0.6 is 0 Å². The van der Waals surface area contributed by atoms with Gasteiger partial charge in [-0.3, -0.25) is 14.5 Å². The van der Waals surface area contributed by atoms with Gasteiger partial charge in [0.25, 0.3) is 5.56 Å². The van der Waals surface area contributed by atoms with Gasteiger partial charge in [0.15, 0.2) is 0 Å². The Labute approximate surface area is 163 Å². The zero-order chi connectivity index (χ0) is 20.1. The quantitative estimate of drug-likeness (QED) is 0.673. The molecule has 1 amide bonds. The highest BCUT2D eigenvalue weighted by Crippen LogP contribution is 2.39. The lowest BCUT2D eigenvalue weighted by Crippen LogP contribution is -2.50. The minimum Gasteiger partial charge on any atom is -0.383 e. The second-order valence-electron chi connectivity index (χ2n) is 7.37. The number of aromatic nitrogens is 2. The van der Waals surface area contributed by atoms with Crippen molar-refractivity contribution in [3.63, 3.8) is 0 Å². The van der Waals surface area contributed by atoms with E-state index in [0.717, 1.165) is 12.8 Å². The number of benzene rings is 1. The molecule has 1 aromatic carbocycles. The minimum atomic E-state index is -0.834. The van der Waals surface area contributed by atoms with E-state index in [1.807, 2.05) is 11.0 Å². The van der Waals surface area contributed by atoms with Crippen molar-refractivity contribution in [2.24, 2.45) is 5.92 Å². The van der Waals surface area contributed by atoms with Crippen LogP contribution in [0.2, 0.25) is 0 Å². The van der Waals surface area contributed by atoms with Crippen molar-refractivity contribution in [1.82, 2.24) is 20.2 Å². The second kappa shape index (κ2) is 8.50. The van der Waals surface area contributed by atoms with E-state index in [1.54, 1.807) is 32.2 Å². The van der Waals surface area contributed by atoms with Crippen LogP contribution in [0.15, 0.2) is 29.1 Å². The highest BCUT2D eigenvalue weighted by Gasteiger charge is 2.43. The number of nitriles is 1. The first kappa shape index (κ1) is 20.0. The van der Waals surface area contributed by atoms with Crippen molar-refractivity contribution < 1.29 is 9.53 Å². The molecule has 8 nitrogen and oxygen atoms in total. The number of H-pyrrole nitrogens is 1. The van der Waals surface area contributed by atoms with E-state index in [9.17, 15) is 14.9 Å². The summed E-state index contributed by atoms with van der Waals surface area (Å²) in [7, 11) is 1.59. The smallest absolute Gasteiger partial charge is 0.258 e. The number of fused-ring (bicyclic) bond motifs is 1. The maximum Gasteiger partial charge on any atom is 0.258 e. The van der Waals surface area contributed by atoms with Gasteiger partial charge in [-0.2, -0.15) is 5.26 Å². The van der Waals surface area contributed by atoms with Gasteiger partial charge >= 0.3 is 0 Å². The summed E-state index contributed by atoms with van der Waals surface area (Å²) in [6.45, 7) is 3.08. The van der Waals surface area contributed by atoms with Crippen molar-refractivity contribution in [2.45, 2.75) is 31.8 Å². The molecule has 0 unspecified atom stereocenters. The van der Waals surface area contributed by atoms with Gasteiger partial charge in [-0.05, 0) is 37.8 Å². The molecule has 148 valence electrons. The lowest BCUT2D eigenvalue weighted by molar-refractivity contribution is -0.124. The first-order valence-corrected chi connectivity index (χ1v) is 9.36. The molecule has 1 saturated carbocycles. The van der Waals surface area contributed by atoms with Crippen LogP contribution in [0.1, 0.15) is 25.6 Å². The summed E-state index contributed by atoms with van der Waals surface area (Å²) >= 11 is 0.